The summed E-state index contributed by atoms with van der Waals surface area (Å²) < 4.78 is 0. The molecule has 3 heteroatoms. The van der Waals surface area contributed by atoms with Gasteiger partial charge in [-0.25, -0.2) is 4.98 Å². The minimum absolute atomic E-state index is 0.427. The summed E-state index contributed by atoms with van der Waals surface area (Å²) in [4.78, 5) is 4.38. The largest absolute Gasteiger partial charge is 0.263 e. The molecule has 1 aromatic heterocycles. The lowest BCUT2D eigenvalue weighted by atomic mass is 10.2. The summed E-state index contributed by atoms with van der Waals surface area (Å²) in [5.41, 5.74) is 0. The van der Waals surface area contributed by atoms with Crippen LogP contribution < -0.4 is 0 Å². The van der Waals surface area contributed by atoms with Crippen LogP contribution in [0.5, 0.6) is 0 Å². The number of hydrogen-bond donors (Lipinski definition) is 1. The maximum atomic E-state index is 4.38. The van der Waals surface area contributed by atoms with Crippen LogP contribution in [0.2, 0.25) is 0 Å². The van der Waals surface area contributed by atoms with Crippen LogP contribution >= 0.6 is 0 Å². The second-order valence-corrected chi connectivity index (χ2v) is 3.40. The molecular weight excluding hydrogens is 150 g/mol. The number of aromatic nitrogens is 3. The minimum Gasteiger partial charge on any atom is -0.263 e. The third kappa shape index (κ3) is 2.32. The summed E-state index contributed by atoms with van der Waals surface area (Å²) in [5, 5.41) is 7.09. The van der Waals surface area contributed by atoms with Gasteiger partial charge in [-0.2, -0.15) is 5.10 Å². The van der Waals surface area contributed by atoms with Gasteiger partial charge in [0, 0.05) is 12.3 Å². The van der Waals surface area contributed by atoms with Crippen molar-refractivity contribution in [2.45, 2.75) is 46.0 Å². The highest BCUT2D eigenvalue weighted by molar-refractivity contribution is 4.94. The second-order valence-electron chi connectivity index (χ2n) is 3.40. The maximum absolute atomic E-state index is 4.38. The van der Waals surface area contributed by atoms with E-state index >= 15 is 0 Å². The SMILES string of the molecule is CCCCc1nc(C(C)C)n[nH]1. The first-order valence-electron chi connectivity index (χ1n) is 4.65. The molecule has 68 valence electrons. The van der Waals surface area contributed by atoms with Crippen LogP contribution in [0.25, 0.3) is 0 Å². The molecule has 0 aromatic carbocycles. The van der Waals surface area contributed by atoms with Crippen molar-refractivity contribution in [1.82, 2.24) is 15.2 Å². The molecule has 0 aliphatic carbocycles. The van der Waals surface area contributed by atoms with E-state index < -0.39 is 0 Å². The van der Waals surface area contributed by atoms with E-state index in [1.807, 2.05) is 0 Å². The van der Waals surface area contributed by atoms with Crippen molar-refractivity contribution < 1.29 is 0 Å². The average molecular weight is 167 g/mol. The fourth-order valence-electron chi connectivity index (χ4n) is 1.02. The molecule has 0 atom stereocenters. The van der Waals surface area contributed by atoms with Crippen molar-refractivity contribution in [3.8, 4) is 0 Å². The predicted molar refractivity (Wildman–Crippen MR) is 49.1 cm³/mol. The van der Waals surface area contributed by atoms with Gasteiger partial charge in [-0.15, -0.1) is 0 Å². The third-order valence-corrected chi connectivity index (χ3v) is 1.83. The van der Waals surface area contributed by atoms with Gasteiger partial charge < -0.3 is 0 Å². The van der Waals surface area contributed by atoms with Gasteiger partial charge >= 0.3 is 0 Å². The van der Waals surface area contributed by atoms with Gasteiger partial charge in [0.05, 0.1) is 0 Å². The molecule has 0 amide bonds. The molecule has 12 heavy (non-hydrogen) atoms. The zero-order chi connectivity index (χ0) is 8.97. The lowest BCUT2D eigenvalue weighted by Gasteiger charge is -1.94. The molecule has 1 N–H and O–H groups in total. The number of aromatic amines is 1. The van der Waals surface area contributed by atoms with E-state index in [0.717, 1.165) is 18.1 Å². The van der Waals surface area contributed by atoms with Crippen molar-refractivity contribution in [1.29, 1.82) is 0 Å². The Morgan fingerprint density at radius 3 is 2.67 bits per heavy atom. The Morgan fingerprint density at radius 2 is 2.17 bits per heavy atom. The van der Waals surface area contributed by atoms with Gasteiger partial charge in [-0.3, -0.25) is 5.10 Å². The van der Waals surface area contributed by atoms with Crippen LogP contribution in [0.3, 0.4) is 0 Å². The predicted octanol–water partition coefficient (Wildman–Crippen LogP) is 2.27. The van der Waals surface area contributed by atoms with E-state index in [4.69, 9.17) is 0 Å². The monoisotopic (exact) mass is 167 g/mol. The number of nitrogens with one attached hydrogen (secondary N) is 1. The fraction of sp³-hybridized carbons (Fsp3) is 0.778. The molecule has 0 unspecified atom stereocenters. The topological polar surface area (TPSA) is 41.6 Å². The molecule has 0 aliphatic rings. The van der Waals surface area contributed by atoms with Gasteiger partial charge in [0.25, 0.3) is 0 Å². The zero-order valence-corrected chi connectivity index (χ0v) is 8.09. The van der Waals surface area contributed by atoms with Crippen molar-refractivity contribution in [2.24, 2.45) is 0 Å². The van der Waals surface area contributed by atoms with Gasteiger partial charge in [0.15, 0.2) is 5.82 Å². The highest BCUT2D eigenvalue weighted by atomic mass is 15.2. The molecule has 3 nitrogen and oxygen atoms in total. The molecule has 0 saturated heterocycles. The average Bonchev–Trinajstić information content (AvgIpc) is 2.48. The smallest absolute Gasteiger partial charge is 0.153 e. The van der Waals surface area contributed by atoms with Gasteiger partial charge in [0.2, 0.25) is 0 Å². The molecule has 1 rings (SSSR count). The van der Waals surface area contributed by atoms with Gasteiger partial charge in [-0.05, 0) is 6.42 Å². The number of unbranched alkanes of at least 4 members (excludes halogenated alkanes) is 1. The minimum atomic E-state index is 0.427. The van der Waals surface area contributed by atoms with E-state index in [-0.39, 0.29) is 0 Å². The fourth-order valence-corrected chi connectivity index (χ4v) is 1.02. The van der Waals surface area contributed by atoms with Gasteiger partial charge in [0.1, 0.15) is 5.82 Å². The first kappa shape index (κ1) is 9.23. The number of hydrogen-bond acceptors (Lipinski definition) is 2. The number of H-pyrrole nitrogens is 1. The van der Waals surface area contributed by atoms with Crippen molar-refractivity contribution in [3.63, 3.8) is 0 Å². The Morgan fingerprint density at radius 1 is 1.42 bits per heavy atom. The van der Waals surface area contributed by atoms with Crippen molar-refractivity contribution >= 4 is 0 Å². The highest BCUT2D eigenvalue weighted by Gasteiger charge is 2.05. The van der Waals surface area contributed by atoms with Crippen molar-refractivity contribution in [3.05, 3.63) is 11.6 Å². The Balaban J connectivity index is 2.52. The molecule has 0 radical (unpaired) electrons. The standard InChI is InChI=1S/C9H17N3/c1-4-5-6-8-10-9(7(2)3)12-11-8/h7H,4-6H2,1-3H3,(H,10,11,12). The van der Waals surface area contributed by atoms with E-state index in [0.29, 0.717) is 5.92 Å². The summed E-state index contributed by atoms with van der Waals surface area (Å²) in [6.07, 6.45) is 3.42. The van der Waals surface area contributed by atoms with Crippen LogP contribution in [-0.2, 0) is 6.42 Å². The van der Waals surface area contributed by atoms with E-state index in [1.165, 1.54) is 12.8 Å². The van der Waals surface area contributed by atoms with Gasteiger partial charge in [-0.1, -0.05) is 27.2 Å². The highest BCUT2D eigenvalue weighted by Crippen LogP contribution is 2.08. The molecule has 0 aliphatic heterocycles. The molecule has 1 heterocycles. The van der Waals surface area contributed by atoms with E-state index in [9.17, 15) is 0 Å². The first-order valence-corrected chi connectivity index (χ1v) is 4.65. The van der Waals surface area contributed by atoms with Crippen molar-refractivity contribution in [2.75, 3.05) is 0 Å². The summed E-state index contributed by atoms with van der Waals surface area (Å²) in [6.45, 7) is 6.39. The zero-order valence-electron chi connectivity index (χ0n) is 8.09. The molecule has 0 spiro atoms. The second kappa shape index (κ2) is 4.24. The van der Waals surface area contributed by atoms with Crippen LogP contribution in [0.4, 0.5) is 0 Å². The summed E-state index contributed by atoms with van der Waals surface area (Å²) in [5.74, 6) is 2.39. The summed E-state index contributed by atoms with van der Waals surface area (Å²) in [6, 6.07) is 0. The number of nitrogens with zero attached hydrogens (tertiary/aromatic N) is 2. The lowest BCUT2D eigenvalue weighted by molar-refractivity contribution is 0.753. The maximum Gasteiger partial charge on any atom is 0.153 e. The third-order valence-electron chi connectivity index (χ3n) is 1.83. The molecule has 0 saturated carbocycles. The molecular formula is C9H17N3. The first-order chi connectivity index (χ1) is 5.74. The molecule has 0 bridgehead atoms. The Bertz CT molecular complexity index is 227. The van der Waals surface area contributed by atoms with E-state index in [1.54, 1.807) is 0 Å². The summed E-state index contributed by atoms with van der Waals surface area (Å²) in [7, 11) is 0. The van der Waals surface area contributed by atoms with Crippen LogP contribution in [0.1, 0.15) is 51.2 Å². The van der Waals surface area contributed by atoms with Crippen LogP contribution in [0, 0.1) is 0 Å². The lowest BCUT2D eigenvalue weighted by Crippen LogP contribution is -1.90. The molecule has 1 aromatic rings. The Kier molecular flexibility index (Phi) is 3.26. The van der Waals surface area contributed by atoms with Crippen LogP contribution in [0.15, 0.2) is 0 Å². The number of rotatable bonds is 4. The van der Waals surface area contributed by atoms with Crippen LogP contribution in [-0.4, -0.2) is 15.2 Å². The number of aryl methyl sites for hydroxylation is 1. The quantitative estimate of drug-likeness (QED) is 0.747. The van der Waals surface area contributed by atoms with E-state index in [2.05, 4.69) is 36.0 Å². The Hall–Kier alpha value is -0.860. The molecule has 0 fully saturated rings. The normalized spacial score (nSPS) is 11.0. The Labute approximate surface area is 73.6 Å². The summed E-state index contributed by atoms with van der Waals surface area (Å²) >= 11 is 0.